The molecule has 0 spiro atoms. The van der Waals surface area contributed by atoms with E-state index in [-0.39, 0.29) is 10.8 Å². The third-order valence-corrected chi connectivity index (χ3v) is 6.83. The summed E-state index contributed by atoms with van der Waals surface area (Å²) in [5.41, 5.74) is 10.5. The summed E-state index contributed by atoms with van der Waals surface area (Å²) in [7, 11) is 0. The van der Waals surface area contributed by atoms with Crippen molar-refractivity contribution in [3.8, 4) is 11.1 Å². The second-order valence-corrected chi connectivity index (χ2v) is 16.4. The Hall–Kier alpha value is -1.33. The van der Waals surface area contributed by atoms with Crippen LogP contribution in [0.4, 0.5) is 0 Å². The van der Waals surface area contributed by atoms with Gasteiger partial charge in [-0.05, 0) is 17.4 Å². The molecule has 0 aromatic heterocycles. The van der Waals surface area contributed by atoms with Crippen molar-refractivity contribution >= 4 is 3.21 Å². The summed E-state index contributed by atoms with van der Waals surface area (Å²) in [6.45, 7) is 26.9. The van der Waals surface area contributed by atoms with Crippen LogP contribution >= 0.6 is 0 Å². The number of hydrogen-bond donors (Lipinski definition) is 0. The Kier molecular flexibility index (Phi) is 10.9. The molecule has 2 aliphatic carbocycles. The molecule has 0 radical (unpaired) electrons. The predicted octanol–water partition coefficient (Wildman–Crippen LogP) is 10.1. The number of allylic oxidation sites excluding steroid dienone is 4. The summed E-state index contributed by atoms with van der Waals surface area (Å²) in [5, 5.41) is 0. The zero-order valence-corrected chi connectivity index (χ0v) is 28.2. The normalized spacial score (nSPS) is 16.2. The first kappa shape index (κ1) is 31.9. The Bertz CT molecular complexity index is 1070. The zero-order valence-electron chi connectivity index (χ0n) is 25.7. The summed E-state index contributed by atoms with van der Waals surface area (Å²) >= 11 is 1.55. The maximum absolute atomic E-state index is 3.53. The average Bonchev–Trinajstić information content (AvgIpc) is 3.36. The van der Waals surface area contributed by atoms with Gasteiger partial charge in [-0.1, -0.05) is 128 Å². The second kappa shape index (κ2) is 12.7. The molecular formula is C36H50Zr. The van der Waals surface area contributed by atoms with Crippen LogP contribution in [0.1, 0.15) is 118 Å². The van der Waals surface area contributed by atoms with Gasteiger partial charge in [-0.2, -0.15) is 41.0 Å². The Morgan fingerprint density at radius 2 is 1.43 bits per heavy atom. The maximum atomic E-state index is 3.53. The van der Waals surface area contributed by atoms with E-state index in [4.69, 9.17) is 0 Å². The van der Waals surface area contributed by atoms with E-state index in [1.165, 1.54) is 55.0 Å². The molecule has 0 nitrogen and oxygen atoms in total. The second-order valence-electron chi connectivity index (χ2n) is 13.9. The van der Waals surface area contributed by atoms with Crippen molar-refractivity contribution in [2.24, 2.45) is 11.3 Å². The van der Waals surface area contributed by atoms with Gasteiger partial charge in [-0.25, -0.2) is 6.08 Å². The van der Waals surface area contributed by atoms with Crippen molar-refractivity contribution in [3.63, 3.8) is 0 Å². The third kappa shape index (κ3) is 9.42. The monoisotopic (exact) mass is 572 g/mol. The first-order valence-corrected chi connectivity index (χ1v) is 15.2. The van der Waals surface area contributed by atoms with E-state index in [0.717, 1.165) is 6.42 Å². The van der Waals surface area contributed by atoms with E-state index >= 15 is 0 Å². The van der Waals surface area contributed by atoms with E-state index in [2.05, 4.69) is 138 Å². The van der Waals surface area contributed by atoms with Gasteiger partial charge in [0.15, 0.2) is 0 Å². The Morgan fingerprint density at radius 3 is 1.92 bits per heavy atom. The number of benzene rings is 2. The molecule has 0 saturated carbocycles. The van der Waals surface area contributed by atoms with Crippen LogP contribution in [-0.2, 0) is 41.5 Å². The van der Waals surface area contributed by atoms with Gasteiger partial charge in [0, 0.05) is 0 Å². The fourth-order valence-corrected chi connectivity index (χ4v) is 4.44. The van der Waals surface area contributed by atoms with Crippen LogP contribution in [0.3, 0.4) is 0 Å². The summed E-state index contributed by atoms with van der Waals surface area (Å²) in [4.78, 5) is 0. The molecule has 0 aliphatic heterocycles. The van der Waals surface area contributed by atoms with Crippen LogP contribution in [0.15, 0.2) is 48.1 Å². The molecule has 1 unspecified atom stereocenters. The summed E-state index contributed by atoms with van der Waals surface area (Å²) in [6.07, 6.45) is 11.5. The quantitative estimate of drug-likeness (QED) is 0.268. The van der Waals surface area contributed by atoms with E-state index in [1.54, 1.807) is 24.2 Å². The topological polar surface area (TPSA) is 0 Å². The van der Waals surface area contributed by atoms with Crippen molar-refractivity contribution < 1.29 is 24.2 Å². The van der Waals surface area contributed by atoms with E-state index in [0.29, 0.717) is 11.3 Å². The van der Waals surface area contributed by atoms with Crippen LogP contribution in [0.2, 0.25) is 0 Å². The van der Waals surface area contributed by atoms with Gasteiger partial charge >= 0.3 is 41.3 Å². The van der Waals surface area contributed by atoms with Crippen LogP contribution < -0.4 is 0 Å². The fraction of sp³-hybridized carbons (Fsp3) is 0.528. The predicted molar refractivity (Wildman–Crippen MR) is 161 cm³/mol. The molecular weight excluding hydrogens is 524 g/mol. The molecule has 1 heteroatoms. The molecule has 4 rings (SSSR count). The molecule has 2 aromatic rings. The zero-order chi connectivity index (χ0) is 28.2. The first-order chi connectivity index (χ1) is 16.9. The average molecular weight is 574 g/mol. The van der Waals surface area contributed by atoms with Crippen molar-refractivity contribution in [1.29, 1.82) is 0 Å². The number of fused-ring (bicyclic) bond motifs is 3. The van der Waals surface area contributed by atoms with Crippen molar-refractivity contribution in [3.05, 3.63) is 82.5 Å². The summed E-state index contributed by atoms with van der Waals surface area (Å²) < 4.78 is 1.51. The standard InChI is InChI=1S/C21H25.C12H19.C3H6.Zr/c1-20(2,3)16-9-7-14-11-15-8-10-17(21(4,5)6)13-19(15)18(14)12-16;1-5-6-10-7-8-11(9-10)12(2,3)4;1-3-2;/h7,9-10,12-13H,11H2,1-6H3;8-10H,5-6H2,1-4H3;1-2H3;/q2*-1;;+2. The molecule has 0 bridgehead atoms. The van der Waals surface area contributed by atoms with E-state index in [1.807, 2.05) is 0 Å². The first-order valence-electron chi connectivity index (χ1n) is 14.0. The van der Waals surface area contributed by atoms with Gasteiger partial charge < -0.3 is 0 Å². The third-order valence-electron chi connectivity index (χ3n) is 6.83. The molecule has 0 heterocycles. The Morgan fingerprint density at radius 1 is 0.865 bits per heavy atom. The van der Waals surface area contributed by atoms with E-state index in [9.17, 15) is 0 Å². The van der Waals surface area contributed by atoms with Crippen molar-refractivity contribution in [2.75, 3.05) is 0 Å². The Labute approximate surface area is 244 Å². The van der Waals surface area contributed by atoms with Gasteiger partial charge in [0.1, 0.15) is 0 Å². The Balaban J connectivity index is 0.000000254. The fourth-order valence-electron chi connectivity index (χ4n) is 4.44. The molecule has 0 saturated heterocycles. The molecule has 37 heavy (non-hydrogen) atoms. The van der Waals surface area contributed by atoms with Crippen LogP contribution in [0, 0.1) is 23.5 Å². The van der Waals surface area contributed by atoms with Crippen LogP contribution in [0.5, 0.6) is 0 Å². The molecule has 0 amide bonds. The van der Waals surface area contributed by atoms with Gasteiger partial charge in [-0.15, -0.1) is 5.56 Å². The molecule has 0 N–H and O–H groups in total. The summed E-state index contributed by atoms with van der Waals surface area (Å²) in [5.74, 6) is 0.587. The molecule has 0 fully saturated rings. The molecule has 198 valence electrons. The van der Waals surface area contributed by atoms with Gasteiger partial charge in [0.25, 0.3) is 0 Å². The van der Waals surface area contributed by atoms with Gasteiger partial charge in [0.05, 0.1) is 0 Å². The molecule has 2 aromatic carbocycles. The number of hydrogen-bond acceptors (Lipinski definition) is 0. The number of rotatable bonds is 2. The van der Waals surface area contributed by atoms with Crippen LogP contribution in [0.25, 0.3) is 11.1 Å². The van der Waals surface area contributed by atoms with Crippen molar-refractivity contribution in [2.45, 2.75) is 113 Å². The van der Waals surface area contributed by atoms with Gasteiger partial charge in [-0.3, -0.25) is 6.08 Å². The minimum atomic E-state index is 0.177. The molecule has 2 aliphatic rings. The van der Waals surface area contributed by atoms with Crippen molar-refractivity contribution in [1.82, 2.24) is 0 Å². The van der Waals surface area contributed by atoms with Gasteiger partial charge in [0.2, 0.25) is 0 Å². The van der Waals surface area contributed by atoms with Crippen LogP contribution in [-0.4, -0.2) is 3.21 Å². The SMILES string of the molecule is CC(C)(C)c1c[c-]c2c(c1)-c1cc(C(C)(C)C)ccc1C2.CCCC1[C-]=CC(C(C)(C)C)=C1.C[C](C)=[Zr+2]. The van der Waals surface area contributed by atoms with E-state index < -0.39 is 0 Å². The summed E-state index contributed by atoms with van der Waals surface area (Å²) in [6, 6.07) is 15.1. The molecule has 1 atom stereocenters. The minimum absolute atomic E-state index is 0.177.